The number of aliphatic hydroxyl groups is 2. The molecular formula is C20H40FNO3. The molecule has 150 valence electrons. The van der Waals surface area contributed by atoms with Gasteiger partial charge in [0, 0.05) is 6.92 Å². The number of unbranched alkanes of at least 4 members (excludes halogenated alkanes) is 11. The Balaban J connectivity index is 3.53. The zero-order valence-corrected chi connectivity index (χ0v) is 16.3. The summed E-state index contributed by atoms with van der Waals surface area (Å²) in [5.41, 5.74) is 0. The summed E-state index contributed by atoms with van der Waals surface area (Å²) >= 11 is 0. The molecule has 3 atom stereocenters. The average molecular weight is 362 g/mol. The van der Waals surface area contributed by atoms with E-state index >= 15 is 0 Å². The molecule has 0 aromatic carbocycles. The molecule has 0 radical (unpaired) electrons. The third-order valence-corrected chi connectivity index (χ3v) is 4.70. The lowest BCUT2D eigenvalue weighted by Gasteiger charge is -2.24. The van der Waals surface area contributed by atoms with Gasteiger partial charge in [-0.25, -0.2) is 4.39 Å². The number of halogens is 1. The van der Waals surface area contributed by atoms with Crippen LogP contribution in [0.15, 0.2) is 0 Å². The minimum atomic E-state index is -1.41. The van der Waals surface area contributed by atoms with E-state index in [2.05, 4.69) is 12.2 Å². The van der Waals surface area contributed by atoms with Gasteiger partial charge < -0.3 is 15.5 Å². The second kappa shape index (κ2) is 16.8. The van der Waals surface area contributed by atoms with E-state index in [0.29, 0.717) is 0 Å². The molecule has 0 saturated heterocycles. The van der Waals surface area contributed by atoms with Crippen LogP contribution in [0.4, 0.5) is 4.39 Å². The van der Waals surface area contributed by atoms with Gasteiger partial charge in [0.15, 0.2) is 0 Å². The van der Waals surface area contributed by atoms with Gasteiger partial charge in [0.25, 0.3) is 0 Å². The van der Waals surface area contributed by atoms with Crippen molar-refractivity contribution in [3.05, 3.63) is 0 Å². The number of rotatable bonds is 17. The summed E-state index contributed by atoms with van der Waals surface area (Å²) in [6.07, 6.45) is 12.1. The van der Waals surface area contributed by atoms with Crippen molar-refractivity contribution < 1.29 is 19.4 Å². The monoisotopic (exact) mass is 361 g/mol. The van der Waals surface area contributed by atoms with Gasteiger partial charge in [-0.2, -0.15) is 0 Å². The molecule has 0 saturated carbocycles. The maximum Gasteiger partial charge on any atom is 0.217 e. The number of hydrogen-bond donors (Lipinski definition) is 3. The number of hydrogen-bond acceptors (Lipinski definition) is 3. The molecule has 25 heavy (non-hydrogen) atoms. The molecule has 3 N–H and O–H groups in total. The second-order valence-corrected chi connectivity index (χ2v) is 7.17. The van der Waals surface area contributed by atoms with Crippen molar-refractivity contribution in [2.24, 2.45) is 0 Å². The molecule has 0 heterocycles. The van der Waals surface area contributed by atoms with Crippen molar-refractivity contribution in [3.63, 3.8) is 0 Å². The van der Waals surface area contributed by atoms with Crippen molar-refractivity contribution in [1.29, 1.82) is 0 Å². The Morgan fingerprint density at radius 2 is 1.36 bits per heavy atom. The largest absolute Gasteiger partial charge is 0.394 e. The van der Waals surface area contributed by atoms with E-state index in [1.54, 1.807) is 0 Å². The zero-order chi connectivity index (χ0) is 18.9. The van der Waals surface area contributed by atoms with E-state index in [1.807, 2.05) is 0 Å². The first-order valence-electron chi connectivity index (χ1n) is 10.2. The van der Waals surface area contributed by atoms with E-state index in [0.717, 1.165) is 19.3 Å². The second-order valence-electron chi connectivity index (χ2n) is 7.17. The molecule has 0 aromatic rings. The summed E-state index contributed by atoms with van der Waals surface area (Å²) in [6.45, 7) is 3.06. The lowest BCUT2D eigenvalue weighted by molar-refractivity contribution is -0.121. The van der Waals surface area contributed by atoms with Crippen LogP contribution in [0, 0.1) is 0 Å². The minimum Gasteiger partial charge on any atom is -0.394 e. The van der Waals surface area contributed by atoms with Crippen molar-refractivity contribution in [3.8, 4) is 0 Å². The number of carbonyl (C=O) groups excluding carboxylic acids is 1. The van der Waals surface area contributed by atoms with Gasteiger partial charge in [0.1, 0.15) is 12.3 Å². The summed E-state index contributed by atoms with van der Waals surface area (Å²) < 4.78 is 14.0. The zero-order valence-electron chi connectivity index (χ0n) is 16.3. The van der Waals surface area contributed by atoms with E-state index in [9.17, 15) is 14.3 Å². The molecule has 1 amide bonds. The normalized spacial score (nSPS) is 14.9. The number of nitrogens with one attached hydrogen (secondary N) is 1. The van der Waals surface area contributed by atoms with Crippen LogP contribution < -0.4 is 5.32 Å². The quantitative estimate of drug-likeness (QED) is 0.339. The molecule has 0 aliphatic heterocycles. The van der Waals surface area contributed by atoms with Crippen LogP contribution in [0.25, 0.3) is 0 Å². The summed E-state index contributed by atoms with van der Waals surface area (Å²) in [5, 5.41) is 21.4. The molecule has 0 bridgehead atoms. The molecule has 0 fully saturated rings. The molecule has 5 heteroatoms. The van der Waals surface area contributed by atoms with Crippen LogP contribution in [0.1, 0.15) is 97.3 Å². The van der Waals surface area contributed by atoms with Crippen LogP contribution in [-0.4, -0.2) is 41.0 Å². The van der Waals surface area contributed by atoms with Gasteiger partial charge in [0.05, 0.1) is 12.6 Å². The fourth-order valence-corrected chi connectivity index (χ4v) is 3.10. The topological polar surface area (TPSA) is 69.6 Å². The van der Waals surface area contributed by atoms with Gasteiger partial charge in [0.2, 0.25) is 5.91 Å². The standard InChI is InChI=1S/C20H40FNO3/c1-3-4-5-6-7-8-9-10-11-12-13-14-15-18(21)20(25)19(16-23)22-17(2)24/h18-20,23,25H,3-16H2,1-2H3,(H,22,24)/t18-,19-,20+/m1/s1. The molecular weight excluding hydrogens is 321 g/mol. The third-order valence-electron chi connectivity index (χ3n) is 4.70. The smallest absolute Gasteiger partial charge is 0.217 e. The summed E-state index contributed by atoms with van der Waals surface area (Å²) in [5.74, 6) is -0.379. The van der Waals surface area contributed by atoms with Gasteiger partial charge in [-0.1, -0.05) is 84.0 Å². The van der Waals surface area contributed by atoms with Crippen LogP contribution in [-0.2, 0) is 4.79 Å². The van der Waals surface area contributed by atoms with Gasteiger partial charge in [-0.3, -0.25) is 4.79 Å². The number of amides is 1. The maximum absolute atomic E-state index is 14.0. The third kappa shape index (κ3) is 14.2. The van der Waals surface area contributed by atoms with Crippen molar-refractivity contribution in [2.75, 3.05) is 6.61 Å². The highest BCUT2D eigenvalue weighted by atomic mass is 19.1. The highest BCUT2D eigenvalue weighted by Crippen LogP contribution is 2.16. The van der Waals surface area contributed by atoms with Crippen molar-refractivity contribution >= 4 is 5.91 Å². The lowest BCUT2D eigenvalue weighted by Crippen LogP contribution is -2.49. The van der Waals surface area contributed by atoms with Crippen molar-refractivity contribution in [2.45, 2.75) is 116 Å². The minimum absolute atomic E-state index is 0.272. The Kier molecular flexibility index (Phi) is 16.3. The van der Waals surface area contributed by atoms with Crippen LogP contribution in [0.2, 0.25) is 0 Å². The van der Waals surface area contributed by atoms with Crippen molar-refractivity contribution in [1.82, 2.24) is 5.32 Å². The Bertz CT molecular complexity index is 315. The highest BCUT2D eigenvalue weighted by molar-refractivity contribution is 5.73. The predicted molar refractivity (Wildman–Crippen MR) is 101 cm³/mol. The Labute approximate surface area is 153 Å². The SMILES string of the molecule is CCCCCCCCCCCCCC[C@@H](F)[C@H](O)[C@@H](CO)NC(C)=O. The van der Waals surface area contributed by atoms with E-state index < -0.39 is 24.9 Å². The molecule has 0 rings (SSSR count). The fourth-order valence-electron chi connectivity index (χ4n) is 3.10. The Hall–Kier alpha value is -0.680. The first-order chi connectivity index (χ1) is 12.0. The fraction of sp³-hybridized carbons (Fsp3) is 0.950. The number of alkyl halides is 1. The summed E-state index contributed by atoms with van der Waals surface area (Å²) in [7, 11) is 0. The van der Waals surface area contributed by atoms with E-state index in [4.69, 9.17) is 5.11 Å². The average Bonchev–Trinajstić information content (AvgIpc) is 2.59. The molecule has 0 aliphatic rings. The Morgan fingerprint density at radius 3 is 1.76 bits per heavy atom. The first kappa shape index (κ1) is 24.3. The van der Waals surface area contributed by atoms with Crippen LogP contribution >= 0.6 is 0 Å². The number of aliphatic hydroxyl groups excluding tert-OH is 2. The molecule has 0 unspecified atom stereocenters. The highest BCUT2D eigenvalue weighted by Gasteiger charge is 2.27. The summed E-state index contributed by atoms with van der Waals surface area (Å²) in [4.78, 5) is 11.0. The predicted octanol–water partition coefficient (Wildman–Crippen LogP) is 4.27. The molecule has 0 aliphatic carbocycles. The number of carbonyl (C=O) groups is 1. The molecule has 4 nitrogen and oxygen atoms in total. The van der Waals surface area contributed by atoms with Gasteiger partial charge in [-0.15, -0.1) is 0 Å². The lowest BCUT2D eigenvalue weighted by atomic mass is 10.0. The van der Waals surface area contributed by atoms with E-state index in [1.165, 1.54) is 64.7 Å². The van der Waals surface area contributed by atoms with Crippen LogP contribution in [0.5, 0.6) is 0 Å². The van der Waals surface area contributed by atoms with Gasteiger partial charge in [-0.05, 0) is 6.42 Å². The maximum atomic E-state index is 14.0. The van der Waals surface area contributed by atoms with Gasteiger partial charge >= 0.3 is 0 Å². The molecule has 0 aromatic heterocycles. The first-order valence-corrected chi connectivity index (χ1v) is 10.2. The summed E-state index contributed by atoms with van der Waals surface area (Å²) in [6, 6.07) is -0.926. The van der Waals surface area contributed by atoms with Crippen LogP contribution in [0.3, 0.4) is 0 Å². The molecule has 0 spiro atoms. The van der Waals surface area contributed by atoms with E-state index in [-0.39, 0.29) is 12.3 Å². The Morgan fingerprint density at radius 1 is 0.920 bits per heavy atom.